The highest BCUT2D eigenvalue weighted by Gasteiger charge is 2.26. The fourth-order valence-corrected chi connectivity index (χ4v) is 3.87. The molecule has 2 aliphatic rings. The van der Waals surface area contributed by atoms with Crippen LogP contribution in [0.15, 0.2) is 36.5 Å². The molecule has 126 valence electrons. The van der Waals surface area contributed by atoms with Crippen LogP contribution in [-0.4, -0.2) is 33.7 Å². The van der Waals surface area contributed by atoms with Crippen molar-refractivity contribution in [1.82, 2.24) is 14.7 Å². The van der Waals surface area contributed by atoms with E-state index in [-0.39, 0.29) is 5.91 Å². The van der Waals surface area contributed by atoms with Crippen molar-refractivity contribution < 1.29 is 4.79 Å². The molecule has 1 aromatic heterocycles. The van der Waals surface area contributed by atoms with E-state index in [2.05, 4.69) is 35.4 Å². The summed E-state index contributed by atoms with van der Waals surface area (Å²) in [6.45, 7) is 1.72. The van der Waals surface area contributed by atoms with Crippen molar-refractivity contribution in [3.05, 3.63) is 53.3 Å². The van der Waals surface area contributed by atoms with Crippen LogP contribution < -0.4 is 0 Å². The summed E-state index contributed by atoms with van der Waals surface area (Å²) in [5.41, 5.74) is 3.87. The van der Waals surface area contributed by atoms with Crippen molar-refractivity contribution in [3.63, 3.8) is 0 Å². The lowest BCUT2D eigenvalue weighted by Gasteiger charge is -2.32. The molecule has 4 heteroatoms. The minimum absolute atomic E-state index is 0.270. The minimum Gasteiger partial charge on any atom is -0.342 e. The Morgan fingerprint density at radius 3 is 2.58 bits per heavy atom. The zero-order valence-electron chi connectivity index (χ0n) is 14.3. The Morgan fingerprint density at radius 1 is 1.12 bits per heavy atom. The van der Waals surface area contributed by atoms with Crippen LogP contribution in [0.4, 0.5) is 0 Å². The molecule has 1 aromatic carbocycles. The van der Waals surface area contributed by atoms with Gasteiger partial charge in [-0.05, 0) is 48.8 Å². The van der Waals surface area contributed by atoms with Gasteiger partial charge in [-0.3, -0.25) is 9.48 Å². The van der Waals surface area contributed by atoms with Gasteiger partial charge >= 0.3 is 0 Å². The fourth-order valence-electron chi connectivity index (χ4n) is 3.87. The summed E-state index contributed by atoms with van der Waals surface area (Å²) >= 11 is 0. The Bertz CT molecular complexity index is 724. The number of aryl methyl sites for hydroxylation is 1. The van der Waals surface area contributed by atoms with Gasteiger partial charge in [-0.25, -0.2) is 0 Å². The SMILES string of the molecule is Cn1nccc1C1CCN(C(=O)Cc2cccc(C3CC3)c2)CC1. The monoisotopic (exact) mass is 323 g/mol. The number of amides is 1. The molecule has 1 aliphatic carbocycles. The Hall–Kier alpha value is -2.10. The van der Waals surface area contributed by atoms with Crippen LogP contribution >= 0.6 is 0 Å². The summed E-state index contributed by atoms with van der Waals surface area (Å²) in [7, 11) is 2.00. The first-order valence-electron chi connectivity index (χ1n) is 9.05. The number of carbonyl (C=O) groups is 1. The highest BCUT2D eigenvalue weighted by molar-refractivity contribution is 5.79. The first-order valence-corrected chi connectivity index (χ1v) is 9.05. The second-order valence-corrected chi connectivity index (χ2v) is 7.23. The maximum absolute atomic E-state index is 12.6. The molecule has 4 nitrogen and oxygen atoms in total. The number of carbonyl (C=O) groups excluding carboxylic acids is 1. The van der Waals surface area contributed by atoms with Gasteiger partial charge in [0.05, 0.1) is 6.42 Å². The number of nitrogens with zero attached hydrogens (tertiary/aromatic N) is 3. The van der Waals surface area contributed by atoms with Gasteiger partial charge in [-0.2, -0.15) is 5.10 Å². The largest absolute Gasteiger partial charge is 0.342 e. The predicted octanol–water partition coefficient (Wildman–Crippen LogP) is 3.25. The van der Waals surface area contributed by atoms with E-state index in [1.165, 1.54) is 24.1 Å². The second-order valence-electron chi connectivity index (χ2n) is 7.23. The van der Waals surface area contributed by atoms with Crippen molar-refractivity contribution in [2.24, 2.45) is 7.05 Å². The van der Waals surface area contributed by atoms with Crippen molar-refractivity contribution in [2.75, 3.05) is 13.1 Å². The van der Waals surface area contributed by atoms with Gasteiger partial charge in [-0.15, -0.1) is 0 Å². The smallest absolute Gasteiger partial charge is 0.226 e. The molecule has 0 atom stereocenters. The third-order valence-electron chi connectivity index (χ3n) is 5.48. The van der Waals surface area contributed by atoms with Gasteiger partial charge in [0, 0.05) is 37.9 Å². The molecule has 0 bridgehead atoms. The summed E-state index contributed by atoms with van der Waals surface area (Å²) in [6.07, 6.45) is 7.08. The van der Waals surface area contributed by atoms with Crippen LogP contribution in [0.5, 0.6) is 0 Å². The average Bonchev–Trinajstić information content (AvgIpc) is 3.37. The van der Waals surface area contributed by atoms with Gasteiger partial charge in [0.15, 0.2) is 0 Å². The van der Waals surface area contributed by atoms with E-state index in [1.54, 1.807) is 0 Å². The summed E-state index contributed by atoms with van der Waals surface area (Å²) in [5.74, 6) is 1.54. The van der Waals surface area contributed by atoms with Gasteiger partial charge in [0.25, 0.3) is 0 Å². The van der Waals surface area contributed by atoms with Gasteiger partial charge < -0.3 is 4.90 Å². The molecule has 0 radical (unpaired) electrons. The molecule has 24 heavy (non-hydrogen) atoms. The molecule has 1 aliphatic heterocycles. The summed E-state index contributed by atoms with van der Waals surface area (Å²) < 4.78 is 1.96. The molecule has 1 saturated heterocycles. The van der Waals surface area contributed by atoms with Crippen molar-refractivity contribution in [3.8, 4) is 0 Å². The summed E-state index contributed by atoms with van der Waals surface area (Å²) in [6, 6.07) is 10.7. The lowest BCUT2D eigenvalue weighted by atomic mass is 9.93. The number of hydrogen-bond acceptors (Lipinski definition) is 2. The maximum atomic E-state index is 12.6. The average molecular weight is 323 g/mol. The lowest BCUT2D eigenvalue weighted by molar-refractivity contribution is -0.131. The number of likely N-dealkylation sites (tertiary alicyclic amines) is 1. The van der Waals surface area contributed by atoms with Gasteiger partial charge in [0.1, 0.15) is 0 Å². The van der Waals surface area contributed by atoms with Crippen molar-refractivity contribution in [1.29, 1.82) is 0 Å². The van der Waals surface area contributed by atoms with E-state index in [4.69, 9.17) is 0 Å². The zero-order chi connectivity index (χ0) is 16.5. The number of aromatic nitrogens is 2. The molecule has 2 aromatic rings. The van der Waals surface area contributed by atoms with Crippen molar-refractivity contribution in [2.45, 2.75) is 43.9 Å². The predicted molar refractivity (Wildman–Crippen MR) is 93.9 cm³/mol. The molecular formula is C20H25N3O. The van der Waals surface area contributed by atoms with Crippen LogP contribution in [0.3, 0.4) is 0 Å². The second kappa shape index (κ2) is 6.42. The summed E-state index contributed by atoms with van der Waals surface area (Å²) in [4.78, 5) is 14.7. The molecule has 2 heterocycles. The van der Waals surface area contributed by atoms with Crippen LogP contribution in [0.2, 0.25) is 0 Å². The molecule has 0 unspecified atom stereocenters. The first kappa shape index (κ1) is 15.4. The van der Waals surface area contributed by atoms with Gasteiger partial charge in [0.2, 0.25) is 5.91 Å². The van der Waals surface area contributed by atoms with E-state index < -0.39 is 0 Å². The molecule has 0 N–H and O–H groups in total. The molecule has 0 spiro atoms. The van der Waals surface area contributed by atoms with E-state index in [0.29, 0.717) is 12.3 Å². The zero-order valence-corrected chi connectivity index (χ0v) is 14.3. The van der Waals surface area contributed by atoms with Crippen molar-refractivity contribution >= 4 is 5.91 Å². The van der Waals surface area contributed by atoms with Crippen LogP contribution in [-0.2, 0) is 18.3 Å². The Morgan fingerprint density at radius 2 is 1.92 bits per heavy atom. The van der Waals surface area contributed by atoms with E-state index in [9.17, 15) is 4.79 Å². The number of rotatable bonds is 4. The Labute approximate surface area is 143 Å². The molecule has 4 rings (SSSR count). The van der Waals surface area contributed by atoms with E-state index in [1.807, 2.05) is 22.8 Å². The fraction of sp³-hybridized carbons (Fsp3) is 0.500. The third kappa shape index (κ3) is 3.23. The minimum atomic E-state index is 0.270. The van der Waals surface area contributed by atoms with E-state index in [0.717, 1.165) is 37.4 Å². The Kier molecular flexibility index (Phi) is 4.13. The van der Waals surface area contributed by atoms with Crippen LogP contribution in [0.25, 0.3) is 0 Å². The normalized spacial score (nSPS) is 18.8. The maximum Gasteiger partial charge on any atom is 0.226 e. The third-order valence-corrected chi connectivity index (χ3v) is 5.48. The van der Waals surface area contributed by atoms with E-state index >= 15 is 0 Å². The molecule has 2 fully saturated rings. The quantitative estimate of drug-likeness (QED) is 0.866. The van der Waals surface area contributed by atoms with Gasteiger partial charge in [-0.1, -0.05) is 24.3 Å². The molecular weight excluding hydrogens is 298 g/mol. The molecule has 1 amide bonds. The first-order chi connectivity index (χ1) is 11.7. The number of piperidine rings is 1. The Balaban J connectivity index is 1.34. The summed E-state index contributed by atoms with van der Waals surface area (Å²) in [5, 5.41) is 4.27. The van der Waals surface area contributed by atoms with Crippen LogP contribution in [0.1, 0.15) is 54.3 Å². The highest BCUT2D eigenvalue weighted by atomic mass is 16.2. The topological polar surface area (TPSA) is 38.1 Å². The lowest BCUT2D eigenvalue weighted by Crippen LogP contribution is -2.39. The van der Waals surface area contributed by atoms with Crippen LogP contribution in [0, 0.1) is 0 Å². The standard InChI is InChI=1S/C20H25N3O/c1-22-19(7-10-21-22)17-8-11-23(12-9-17)20(24)14-15-3-2-4-18(13-15)16-5-6-16/h2-4,7,10,13,16-17H,5-6,8-9,11-12,14H2,1H3. The molecule has 1 saturated carbocycles. The number of hydrogen-bond donors (Lipinski definition) is 0. The highest BCUT2D eigenvalue weighted by Crippen LogP contribution is 2.40. The number of benzene rings is 1.